The standard InChI is InChI=1S/C14H18FN3/c1-11-7-14(15)4-3-13(11)5-6-16-8-12-9-17-18(2)10-12/h3-4,7,9-10,16H,5-6,8H2,1-2H3. The van der Waals surface area contributed by atoms with Gasteiger partial charge in [0.1, 0.15) is 5.82 Å². The maximum Gasteiger partial charge on any atom is 0.123 e. The Morgan fingerprint density at radius 1 is 1.39 bits per heavy atom. The van der Waals surface area contributed by atoms with Crippen molar-refractivity contribution in [2.24, 2.45) is 7.05 Å². The molecule has 0 bridgehead atoms. The van der Waals surface area contributed by atoms with E-state index in [2.05, 4.69) is 10.4 Å². The van der Waals surface area contributed by atoms with E-state index in [0.29, 0.717) is 0 Å². The van der Waals surface area contributed by atoms with E-state index in [1.54, 1.807) is 10.7 Å². The second kappa shape index (κ2) is 5.78. The molecule has 4 heteroatoms. The highest BCUT2D eigenvalue weighted by Gasteiger charge is 2.00. The molecule has 0 radical (unpaired) electrons. The number of benzene rings is 1. The summed E-state index contributed by atoms with van der Waals surface area (Å²) in [6, 6.07) is 4.95. The lowest BCUT2D eigenvalue weighted by Crippen LogP contribution is -2.16. The van der Waals surface area contributed by atoms with Gasteiger partial charge in [0.25, 0.3) is 0 Å². The molecule has 0 aliphatic heterocycles. The number of nitrogens with one attached hydrogen (secondary N) is 1. The third-order valence-electron chi connectivity index (χ3n) is 2.96. The van der Waals surface area contributed by atoms with Crippen molar-refractivity contribution in [3.8, 4) is 0 Å². The van der Waals surface area contributed by atoms with Gasteiger partial charge in [-0.2, -0.15) is 5.10 Å². The monoisotopic (exact) mass is 247 g/mol. The van der Waals surface area contributed by atoms with Gasteiger partial charge in [0.2, 0.25) is 0 Å². The lowest BCUT2D eigenvalue weighted by Gasteiger charge is -2.06. The van der Waals surface area contributed by atoms with E-state index in [1.165, 1.54) is 17.2 Å². The summed E-state index contributed by atoms with van der Waals surface area (Å²) in [7, 11) is 1.91. The third-order valence-corrected chi connectivity index (χ3v) is 2.96. The minimum atomic E-state index is -0.167. The van der Waals surface area contributed by atoms with E-state index in [1.807, 2.05) is 32.4 Å². The summed E-state index contributed by atoms with van der Waals surface area (Å²) in [5, 5.41) is 7.47. The van der Waals surface area contributed by atoms with Gasteiger partial charge >= 0.3 is 0 Å². The van der Waals surface area contributed by atoms with Crippen LogP contribution in [0.25, 0.3) is 0 Å². The summed E-state index contributed by atoms with van der Waals surface area (Å²) in [4.78, 5) is 0. The summed E-state index contributed by atoms with van der Waals surface area (Å²) in [5.74, 6) is -0.167. The van der Waals surface area contributed by atoms with E-state index in [-0.39, 0.29) is 5.82 Å². The van der Waals surface area contributed by atoms with E-state index in [9.17, 15) is 4.39 Å². The number of halogens is 1. The van der Waals surface area contributed by atoms with Crippen LogP contribution in [0, 0.1) is 12.7 Å². The highest BCUT2D eigenvalue weighted by Crippen LogP contribution is 2.10. The molecular weight excluding hydrogens is 229 g/mol. The van der Waals surface area contributed by atoms with Crippen LogP contribution in [0.1, 0.15) is 16.7 Å². The van der Waals surface area contributed by atoms with E-state index < -0.39 is 0 Å². The van der Waals surface area contributed by atoms with Crippen LogP contribution in [0.4, 0.5) is 4.39 Å². The molecule has 0 aliphatic rings. The van der Waals surface area contributed by atoms with Crippen molar-refractivity contribution in [2.75, 3.05) is 6.54 Å². The molecule has 1 N–H and O–H groups in total. The Hall–Kier alpha value is -1.68. The molecule has 0 saturated carbocycles. The van der Waals surface area contributed by atoms with Crippen LogP contribution in [-0.4, -0.2) is 16.3 Å². The van der Waals surface area contributed by atoms with Gasteiger partial charge in [0.05, 0.1) is 6.20 Å². The summed E-state index contributed by atoms with van der Waals surface area (Å²) in [6.07, 6.45) is 4.76. The number of rotatable bonds is 5. The van der Waals surface area contributed by atoms with Crippen molar-refractivity contribution in [3.05, 3.63) is 53.1 Å². The predicted molar refractivity (Wildman–Crippen MR) is 69.8 cm³/mol. The van der Waals surface area contributed by atoms with Crippen LogP contribution in [0.3, 0.4) is 0 Å². The summed E-state index contributed by atoms with van der Waals surface area (Å²) < 4.78 is 14.7. The molecule has 18 heavy (non-hydrogen) atoms. The molecule has 0 fully saturated rings. The minimum Gasteiger partial charge on any atom is -0.312 e. The second-order valence-corrected chi connectivity index (χ2v) is 4.52. The molecule has 0 amide bonds. The van der Waals surface area contributed by atoms with Gasteiger partial charge in [-0.15, -0.1) is 0 Å². The number of aryl methyl sites for hydroxylation is 2. The van der Waals surface area contributed by atoms with Gasteiger partial charge in [-0.05, 0) is 43.1 Å². The number of aromatic nitrogens is 2. The zero-order chi connectivity index (χ0) is 13.0. The van der Waals surface area contributed by atoms with Crippen molar-refractivity contribution in [3.63, 3.8) is 0 Å². The molecule has 3 nitrogen and oxygen atoms in total. The third kappa shape index (κ3) is 3.40. The van der Waals surface area contributed by atoms with Gasteiger partial charge in [-0.3, -0.25) is 4.68 Å². The Morgan fingerprint density at radius 2 is 2.22 bits per heavy atom. The molecule has 1 heterocycles. The van der Waals surface area contributed by atoms with Gasteiger partial charge < -0.3 is 5.32 Å². The van der Waals surface area contributed by atoms with E-state index >= 15 is 0 Å². The summed E-state index contributed by atoms with van der Waals surface area (Å²) in [6.45, 7) is 3.63. The average Bonchev–Trinajstić information content (AvgIpc) is 2.73. The van der Waals surface area contributed by atoms with Crippen LogP contribution < -0.4 is 5.32 Å². The Balaban J connectivity index is 1.78. The maximum atomic E-state index is 12.9. The van der Waals surface area contributed by atoms with Gasteiger partial charge in [-0.1, -0.05) is 6.07 Å². The lowest BCUT2D eigenvalue weighted by atomic mass is 10.1. The maximum absolute atomic E-state index is 12.9. The number of hydrogen-bond acceptors (Lipinski definition) is 2. The van der Waals surface area contributed by atoms with Gasteiger partial charge in [-0.25, -0.2) is 4.39 Å². The van der Waals surface area contributed by atoms with Crippen LogP contribution in [0.5, 0.6) is 0 Å². The van der Waals surface area contributed by atoms with E-state index in [4.69, 9.17) is 0 Å². The Morgan fingerprint density at radius 3 is 2.89 bits per heavy atom. The predicted octanol–water partition coefficient (Wildman–Crippen LogP) is 2.20. The molecular formula is C14H18FN3. The smallest absolute Gasteiger partial charge is 0.123 e. The first-order chi connectivity index (χ1) is 8.65. The van der Waals surface area contributed by atoms with Crippen molar-refractivity contribution in [1.82, 2.24) is 15.1 Å². The average molecular weight is 247 g/mol. The molecule has 1 aromatic heterocycles. The van der Waals surface area contributed by atoms with Crippen molar-refractivity contribution in [2.45, 2.75) is 19.9 Å². The van der Waals surface area contributed by atoms with Crippen molar-refractivity contribution in [1.29, 1.82) is 0 Å². The first-order valence-corrected chi connectivity index (χ1v) is 6.08. The zero-order valence-corrected chi connectivity index (χ0v) is 10.8. The molecule has 2 rings (SSSR count). The van der Waals surface area contributed by atoms with Crippen LogP contribution in [-0.2, 0) is 20.0 Å². The fourth-order valence-corrected chi connectivity index (χ4v) is 1.96. The van der Waals surface area contributed by atoms with Crippen molar-refractivity contribution < 1.29 is 4.39 Å². The first-order valence-electron chi connectivity index (χ1n) is 6.08. The zero-order valence-electron chi connectivity index (χ0n) is 10.8. The SMILES string of the molecule is Cc1cc(F)ccc1CCNCc1cnn(C)c1. The fraction of sp³-hybridized carbons (Fsp3) is 0.357. The van der Waals surface area contributed by atoms with Crippen LogP contribution >= 0.6 is 0 Å². The molecule has 2 aromatic rings. The molecule has 0 atom stereocenters. The number of hydrogen-bond donors (Lipinski definition) is 1. The normalized spacial score (nSPS) is 10.8. The minimum absolute atomic E-state index is 0.167. The Kier molecular flexibility index (Phi) is 4.10. The van der Waals surface area contributed by atoms with Crippen molar-refractivity contribution >= 4 is 0 Å². The van der Waals surface area contributed by atoms with Gasteiger partial charge in [0, 0.05) is 25.4 Å². The second-order valence-electron chi connectivity index (χ2n) is 4.52. The number of nitrogens with zero attached hydrogens (tertiary/aromatic N) is 2. The molecule has 96 valence electrons. The topological polar surface area (TPSA) is 29.9 Å². The van der Waals surface area contributed by atoms with E-state index in [0.717, 1.165) is 25.1 Å². The molecule has 0 spiro atoms. The Labute approximate surface area is 107 Å². The summed E-state index contributed by atoms with van der Waals surface area (Å²) in [5.41, 5.74) is 3.38. The lowest BCUT2D eigenvalue weighted by molar-refractivity contribution is 0.624. The van der Waals surface area contributed by atoms with Crippen LogP contribution in [0.15, 0.2) is 30.6 Å². The molecule has 1 aromatic carbocycles. The summed E-state index contributed by atoms with van der Waals surface area (Å²) >= 11 is 0. The van der Waals surface area contributed by atoms with Crippen LogP contribution in [0.2, 0.25) is 0 Å². The molecule has 0 unspecified atom stereocenters. The van der Waals surface area contributed by atoms with Gasteiger partial charge in [0.15, 0.2) is 0 Å². The largest absolute Gasteiger partial charge is 0.312 e. The highest BCUT2D eigenvalue weighted by atomic mass is 19.1. The molecule has 0 saturated heterocycles. The highest BCUT2D eigenvalue weighted by molar-refractivity contribution is 5.26. The molecule has 0 aliphatic carbocycles. The first kappa shape index (κ1) is 12.8. The fourth-order valence-electron chi connectivity index (χ4n) is 1.96. The quantitative estimate of drug-likeness (QED) is 0.821. The Bertz CT molecular complexity index is 520.